The molecule has 4 aliphatic carbocycles. The van der Waals surface area contributed by atoms with E-state index in [2.05, 4.69) is 53.0 Å². The summed E-state index contributed by atoms with van der Waals surface area (Å²) in [4.78, 5) is 55.1. The third-order valence-electron chi connectivity index (χ3n) is 15.5. The lowest BCUT2D eigenvalue weighted by atomic mass is 9.46. The Kier molecular flexibility index (Phi) is 19.5. The van der Waals surface area contributed by atoms with Gasteiger partial charge in [-0.25, -0.2) is 4.79 Å². The van der Waals surface area contributed by atoms with Crippen LogP contribution in [0.5, 0.6) is 5.75 Å². The largest absolute Gasteiger partial charge is 0.726 e. The second-order valence-electron chi connectivity index (χ2n) is 20.7. The number of carbonyl (C=O) groups excluding carboxylic acids is 3. The first kappa shape index (κ1) is 53.5. The first-order valence-electron chi connectivity index (χ1n) is 24.7. The summed E-state index contributed by atoms with van der Waals surface area (Å²) < 4.78 is 27.1. The predicted octanol–water partition coefficient (Wildman–Crippen LogP) is 7.30. The molecule has 3 fully saturated rings. The third-order valence-corrected chi connectivity index (χ3v) is 15.7. The maximum absolute atomic E-state index is 13.8. The summed E-state index contributed by atoms with van der Waals surface area (Å²) in [6, 6.07) is 15.8. The van der Waals surface area contributed by atoms with E-state index in [1.54, 1.807) is 24.3 Å². The van der Waals surface area contributed by atoms with Crippen molar-refractivity contribution in [3.63, 3.8) is 0 Å². The summed E-state index contributed by atoms with van der Waals surface area (Å²) in [5.74, 6) is 0.432. The minimum Gasteiger partial charge on any atom is -0.464 e. The number of unbranched alkanes of at least 4 members (excludes halogenated alkanes) is 4. The van der Waals surface area contributed by atoms with Crippen LogP contribution in [0.4, 0.5) is 4.79 Å². The number of allylic oxidation sites excluding steroid dienone is 4. The molecule has 68 heavy (non-hydrogen) atoms. The number of carbonyl (C=O) groups is 3. The van der Waals surface area contributed by atoms with Crippen LogP contribution in [-0.2, 0) is 41.4 Å². The van der Waals surface area contributed by atoms with Gasteiger partial charge < -0.3 is 39.5 Å². The van der Waals surface area contributed by atoms with Crippen molar-refractivity contribution in [2.24, 2.45) is 34.5 Å². The first-order chi connectivity index (χ1) is 32.5. The van der Waals surface area contributed by atoms with Gasteiger partial charge in [0, 0.05) is 40.5 Å². The Morgan fingerprint density at radius 2 is 1.75 bits per heavy atom. The molecule has 0 bridgehead atoms. The van der Waals surface area contributed by atoms with Crippen LogP contribution in [0.1, 0.15) is 107 Å². The molecule has 0 radical (unpaired) electrons. The molecule has 6 rings (SSSR count). The second-order valence-corrected chi connectivity index (χ2v) is 21.3. The van der Waals surface area contributed by atoms with E-state index < -0.39 is 38.8 Å². The number of quaternary nitrogens is 1. The van der Waals surface area contributed by atoms with Crippen molar-refractivity contribution in [1.82, 2.24) is 10.2 Å². The van der Waals surface area contributed by atoms with Crippen molar-refractivity contribution in [1.29, 1.82) is 0 Å². The van der Waals surface area contributed by atoms with Gasteiger partial charge in [0.25, 0.3) is 0 Å². The summed E-state index contributed by atoms with van der Waals surface area (Å²) in [6.45, 7) is 6.86. The number of nitrogens with one attached hydrogen (secondary N) is 1. The number of hydrogen-bond acceptors (Lipinski definition) is 12. The number of alkyl carbamates (subject to hydrolysis) is 1. The van der Waals surface area contributed by atoms with Crippen molar-refractivity contribution in [3.8, 4) is 5.75 Å². The van der Waals surface area contributed by atoms with Crippen LogP contribution in [-0.4, -0.2) is 120 Å². The van der Waals surface area contributed by atoms with E-state index in [-0.39, 0.29) is 60.4 Å². The standard InChI is InChI=1S/C52H74N3O12P/c1-51-24-23-41(57)31-40(51)18-19-42-43-20-21-44(52(43,2)32-45(58)49(42)51)47(60)35-64-50(61)53-25-28-55(3,4)34-39-30-38(17-22-48(39)65-36-66-67-68(62)63)46(59)33-54(26-11-5-6-13-29-56)27-12-10-16-37-14-8-7-9-15-37/h7-9,14-15,17,22-24,30-31,42-46,49,56,58-59H,5-6,10-13,16,18-21,25-29,32-36H2,1-4H3/p+2/t42-,43?,44+,45-,46?,49?,51-,52-/m0/s1. The number of rotatable bonds is 27. The normalized spacial score (nSPS) is 26.1. The Hall–Kier alpha value is -3.89. The van der Waals surface area contributed by atoms with E-state index in [4.69, 9.17) is 19.3 Å². The molecule has 2 aromatic carbocycles. The topological polar surface area (TPSA) is 201 Å². The zero-order valence-electron chi connectivity index (χ0n) is 40.6. The van der Waals surface area contributed by atoms with Crippen LogP contribution >= 0.6 is 8.25 Å². The van der Waals surface area contributed by atoms with Gasteiger partial charge >= 0.3 is 14.3 Å². The number of aliphatic hydroxyl groups excluding tert-OH is 3. The van der Waals surface area contributed by atoms with Gasteiger partial charge in [-0.15, -0.1) is 9.78 Å². The molecule has 5 N–H and O–H groups in total. The highest BCUT2D eigenvalue weighted by Crippen LogP contribution is 2.66. The third kappa shape index (κ3) is 14.1. The lowest BCUT2D eigenvalue weighted by Crippen LogP contribution is -2.56. The zero-order chi connectivity index (χ0) is 48.9. The lowest BCUT2D eigenvalue weighted by Gasteiger charge is -2.58. The number of nitrogens with zero attached hydrogens (tertiary/aromatic N) is 2. The van der Waals surface area contributed by atoms with E-state index in [1.807, 2.05) is 32.3 Å². The van der Waals surface area contributed by atoms with Gasteiger partial charge in [0.2, 0.25) is 6.79 Å². The first-order valence-corrected chi connectivity index (χ1v) is 25.8. The quantitative estimate of drug-likeness (QED) is 0.0149. The number of amides is 1. The van der Waals surface area contributed by atoms with E-state index >= 15 is 0 Å². The van der Waals surface area contributed by atoms with Crippen LogP contribution in [0.3, 0.4) is 0 Å². The van der Waals surface area contributed by atoms with Gasteiger partial charge in [-0.05, 0) is 130 Å². The molecule has 3 saturated carbocycles. The molecular formula is C52H76N3O12P+2. The SMILES string of the molecule is C[C@]12C=CC(=O)C=C1CC[C@@H]1C2[C@@H](O)C[C@@]2(C)C1CC[C@@H]2C(=O)COC(=O)NCC[N+](C)(C)Cc1cc(C(O)CN(CCCCCCO)CCCCc2ccccc2)ccc1OCOO[P+](=O)O. The fraction of sp³-hybridized carbons (Fsp3) is 0.635. The zero-order valence-corrected chi connectivity index (χ0v) is 41.5. The Balaban J connectivity index is 1.02. The van der Waals surface area contributed by atoms with Crippen LogP contribution in [0.25, 0.3) is 0 Å². The van der Waals surface area contributed by atoms with Crippen molar-refractivity contribution in [2.45, 2.75) is 110 Å². The Morgan fingerprint density at radius 1 is 1.00 bits per heavy atom. The van der Waals surface area contributed by atoms with Crippen LogP contribution < -0.4 is 10.1 Å². The van der Waals surface area contributed by atoms with Gasteiger partial charge in [0.1, 0.15) is 12.3 Å². The summed E-state index contributed by atoms with van der Waals surface area (Å²) in [7, 11) is 0.992. The number of ketones is 2. The molecule has 0 heterocycles. The van der Waals surface area contributed by atoms with Crippen LogP contribution in [0.15, 0.2) is 72.3 Å². The molecule has 9 atom stereocenters. The fourth-order valence-corrected chi connectivity index (χ4v) is 12.3. The Morgan fingerprint density at radius 3 is 2.50 bits per heavy atom. The van der Waals surface area contributed by atoms with E-state index in [1.165, 1.54) is 5.56 Å². The molecule has 16 heteroatoms. The average molecular weight is 966 g/mol. The number of aliphatic hydroxyl groups is 3. The van der Waals surface area contributed by atoms with Crippen LogP contribution in [0, 0.1) is 34.5 Å². The number of hydrogen-bond donors (Lipinski definition) is 5. The molecule has 0 aromatic heterocycles. The van der Waals surface area contributed by atoms with Crippen molar-refractivity contribution in [2.75, 3.05) is 66.8 Å². The van der Waals surface area contributed by atoms with Crippen molar-refractivity contribution in [3.05, 3.63) is 89.0 Å². The van der Waals surface area contributed by atoms with Gasteiger partial charge in [-0.3, -0.25) is 9.59 Å². The van der Waals surface area contributed by atoms with Gasteiger partial charge in [0.05, 0.1) is 44.1 Å². The van der Waals surface area contributed by atoms with E-state index in [0.29, 0.717) is 48.3 Å². The van der Waals surface area contributed by atoms with E-state index in [9.17, 15) is 34.3 Å². The monoisotopic (exact) mass is 966 g/mol. The number of benzene rings is 2. The maximum atomic E-state index is 13.8. The second kappa shape index (κ2) is 24.8. The molecule has 1 amide bonds. The van der Waals surface area contributed by atoms with Gasteiger partial charge in [-0.1, -0.05) is 74.7 Å². The molecule has 4 unspecified atom stereocenters. The predicted molar refractivity (Wildman–Crippen MR) is 257 cm³/mol. The number of fused-ring (bicyclic) bond motifs is 5. The van der Waals surface area contributed by atoms with Crippen molar-refractivity contribution < 1.29 is 62.7 Å². The Labute approximate surface area is 403 Å². The minimum atomic E-state index is -2.98. The number of aryl methyl sites for hydroxylation is 1. The minimum absolute atomic E-state index is 0.0000889. The molecule has 0 spiro atoms. The fourth-order valence-electron chi connectivity index (χ4n) is 12.1. The number of Topliss-reactive ketones (excluding diaryl/α,β-unsaturated/α-hetero) is 1. The van der Waals surface area contributed by atoms with Gasteiger partial charge in [-0.2, -0.15) is 0 Å². The summed E-state index contributed by atoms with van der Waals surface area (Å²) >= 11 is 0. The molecule has 0 saturated heterocycles. The summed E-state index contributed by atoms with van der Waals surface area (Å²) in [6.07, 6.45) is 13.7. The smallest absolute Gasteiger partial charge is 0.464 e. The molecule has 0 aliphatic heterocycles. The highest BCUT2D eigenvalue weighted by atomic mass is 31.1. The van der Waals surface area contributed by atoms with Crippen LogP contribution in [0.2, 0.25) is 0 Å². The lowest BCUT2D eigenvalue weighted by molar-refractivity contribution is -0.902. The highest BCUT2D eigenvalue weighted by molar-refractivity contribution is 7.31. The molecule has 4 aliphatic rings. The van der Waals surface area contributed by atoms with Crippen molar-refractivity contribution >= 4 is 25.9 Å². The summed E-state index contributed by atoms with van der Waals surface area (Å²) in [5, 5.41) is 35.4. The number of ether oxygens (including phenoxy) is 2. The molecular weight excluding hydrogens is 890 g/mol. The van der Waals surface area contributed by atoms with Gasteiger partial charge in [0.15, 0.2) is 18.2 Å². The average Bonchev–Trinajstić information content (AvgIpc) is 3.65. The molecule has 2 aromatic rings. The maximum Gasteiger partial charge on any atom is 0.726 e. The number of likely N-dealkylation sites (N-methyl/N-ethyl adjacent to an activating group) is 1. The van der Waals surface area contributed by atoms with E-state index in [0.717, 1.165) is 88.4 Å². The summed E-state index contributed by atoms with van der Waals surface area (Å²) in [5.41, 5.74) is 3.05. The molecule has 15 nitrogen and oxygen atoms in total. The highest BCUT2D eigenvalue weighted by Gasteiger charge is 2.62. The molecule has 374 valence electrons. The Bertz CT molecular complexity index is 2080.